The van der Waals surface area contributed by atoms with Crippen LogP contribution in [-0.2, 0) is 13.6 Å². The van der Waals surface area contributed by atoms with Crippen LogP contribution in [0.5, 0.6) is 0 Å². The van der Waals surface area contributed by atoms with Gasteiger partial charge in [-0.15, -0.1) is 0 Å². The van der Waals surface area contributed by atoms with E-state index in [0.717, 1.165) is 19.3 Å². The van der Waals surface area contributed by atoms with Crippen LogP contribution in [0.15, 0.2) is 0 Å². The minimum atomic E-state index is -2.74. The van der Waals surface area contributed by atoms with Crippen LogP contribution in [0.1, 0.15) is 33.1 Å². The lowest BCUT2D eigenvalue weighted by Crippen LogP contribution is -1.96. The molecule has 74 valence electrons. The lowest BCUT2D eigenvalue weighted by atomic mass is 10.4. The van der Waals surface area contributed by atoms with Gasteiger partial charge in [0.25, 0.3) is 0 Å². The molecule has 0 aromatic carbocycles. The van der Waals surface area contributed by atoms with Crippen molar-refractivity contribution in [3.05, 3.63) is 0 Å². The molecule has 0 aromatic heterocycles. The second-order valence-corrected chi connectivity index (χ2v) is 4.85. The normalized spacial score (nSPS) is 15.9. The summed E-state index contributed by atoms with van der Waals surface area (Å²) in [6.45, 7) is 6.62. The van der Waals surface area contributed by atoms with Crippen molar-refractivity contribution in [3.8, 4) is 0 Å². The number of rotatable bonds is 7. The van der Waals surface area contributed by atoms with Gasteiger partial charge in [0.2, 0.25) is 0 Å². The molecule has 0 bridgehead atoms. The summed E-state index contributed by atoms with van der Waals surface area (Å²) in [6.07, 6.45) is 2.86. The fourth-order valence-corrected chi connectivity index (χ4v) is 1.72. The second-order valence-electron chi connectivity index (χ2n) is 2.79. The standard InChI is InChI=1S/C8H19O3P/c1-4-6-8-11-12(3,9)10-7-5-2/h4-8H2,1-3H3. The van der Waals surface area contributed by atoms with Crippen LogP contribution in [0.3, 0.4) is 0 Å². The Bertz CT molecular complexity index is 147. The van der Waals surface area contributed by atoms with Crippen molar-refractivity contribution in [2.45, 2.75) is 33.1 Å². The maximum atomic E-state index is 11.4. The summed E-state index contributed by atoms with van der Waals surface area (Å²) in [4.78, 5) is 0. The Kier molecular flexibility index (Phi) is 6.73. The average molecular weight is 194 g/mol. The highest BCUT2D eigenvalue weighted by Crippen LogP contribution is 2.43. The summed E-state index contributed by atoms with van der Waals surface area (Å²) in [6, 6.07) is 0. The Morgan fingerprint density at radius 1 is 1.08 bits per heavy atom. The van der Waals surface area contributed by atoms with Gasteiger partial charge >= 0.3 is 7.60 Å². The van der Waals surface area contributed by atoms with Crippen molar-refractivity contribution < 1.29 is 13.6 Å². The molecular formula is C8H19O3P. The third-order valence-electron chi connectivity index (χ3n) is 1.35. The third kappa shape index (κ3) is 6.84. The molecule has 0 aliphatic carbocycles. The second kappa shape index (κ2) is 6.64. The zero-order valence-corrected chi connectivity index (χ0v) is 9.10. The summed E-state index contributed by atoms with van der Waals surface area (Å²) in [5.74, 6) is 0. The first kappa shape index (κ1) is 12.2. The third-order valence-corrected chi connectivity index (χ3v) is 2.66. The first-order chi connectivity index (χ1) is 5.62. The zero-order valence-electron chi connectivity index (χ0n) is 8.21. The molecule has 4 heteroatoms. The van der Waals surface area contributed by atoms with E-state index in [1.165, 1.54) is 6.66 Å². The molecule has 0 heterocycles. The van der Waals surface area contributed by atoms with Crippen molar-refractivity contribution in [2.75, 3.05) is 19.9 Å². The van der Waals surface area contributed by atoms with E-state index in [1.54, 1.807) is 0 Å². The summed E-state index contributed by atoms with van der Waals surface area (Å²) in [7, 11) is -2.74. The van der Waals surface area contributed by atoms with E-state index >= 15 is 0 Å². The van der Waals surface area contributed by atoms with Gasteiger partial charge in [0.15, 0.2) is 0 Å². The molecule has 1 atom stereocenters. The Hall–Kier alpha value is 0.150. The monoisotopic (exact) mass is 194 g/mol. The van der Waals surface area contributed by atoms with Crippen LogP contribution in [0.2, 0.25) is 0 Å². The molecule has 0 saturated heterocycles. The molecule has 0 N–H and O–H groups in total. The van der Waals surface area contributed by atoms with Crippen LogP contribution < -0.4 is 0 Å². The van der Waals surface area contributed by atoms with Crippen molar-refractivity contribution in [1.29, 1.82) is 0 Å². The smallest absolute Gasteiger partial charge is 0.309 e. The minimum Gasteiger partial charge on any atom is -0.309 e. The molecule has 0 fully saturated rings. The topological polar surface area (TPSA) is 35.5 Å². The van der Waals surface area contributed by atoms with E-state index in [1.807, 2.05) is 6.92 Å². The van der Waals surface area contributed by atoms with Crippen molar-refractivity contribution in [1.82, 2.24) is 0 Å². The molecule has 0 spiro atoms. The summed E-state index contributed by atoms with van der Waals surface area (Å²) in [5, 5.41) is 0. The largest absolute Gasteiger partial charge is 0.327 e. The van der Waals surface area contributed by atoms with Gasteiger partial charge in [-0.1, -0.05) is 20.3 Å². The summed E-state index contributed by atoms with van der Waals surface area (Å²) in [5.41, 5.74) is 0. The van der Waals surface area contributed by atoms with Gasteiger partial charge < -0.3 is 9.05 Å². The van der Waals surface area contributed by atoms with Gasteiger partial charge in [-0.2, -0.15) is 0 Å². The Balaban J connectivity index is 3.49. The lowest BCUT2D eigenvalue weighted by Gasteiger charge is -2.12. The predicted octanol–water partition coefficient (Wildman–Crippen LogP) is 3.05. The van der Waals surface area contributed by atoms with Gasteiger partial charge in [-0.25, -0.2) is 0 Å². The first-order valence-electron chi connectivity index (χ1n) is 4.49. The van der Waals surface area contributed by atoms with Gasteiger partial charge in [-0.05, 0) is 12.8 Å². The van der Waals surface area contributed by atoms with Gasteiger partial charge in [0, 0.05) is 6.66 Å². The lowest BCUT2D eigenvalue weighted by molar-refractivity contribution is 0.207. The molecule has 1 unspecified atom stereocenters. The van der Waals surface area contributed by atoms with Crippen molar-refractivity contribution >= 4 is 7.60 Å². The first-order valence-corrected chi connectivity index (χ1v) is 6.48. The molecule has 0 radical (unpaired) electrons. The van der Waals surface area contributed by atoms with E-state index in [9.17, 15) is 4.57 Å². The molecule has 0 saturated carbocycles. The highest BCUT2D eigenvalue weighted by atomic mass is 31.2. The summed E-state index contributed by atoms with van der Waals surface area (Å²) >= 11 is 0. The quantitative estimate of drug-likeness (QED) is 0.461. The Morgan fingerprint density at radius 3 is 2.17 bits per heavy atom. The maximum Gasteiger partial charge on any atom is 0.327 e. The minimum absolute atomic E-state index is 0.514. The molecule has 12 heavy (non-hydrogen) atoms. The van der Waals surface area contributed by atoms with E-state index < -0.39 is 7.60 Å². The molecule has 0 aliphatic heterocycles. The molecule has 0 aliphatic rings. The highest BCUT2D eigenvalue weighted by Gasteiger charge is 2.14. The van der Waals surface area contributed by atoms with Crippen molar-refractivity contribution in [3.63, 3.8) is 0 Å². The highest BCUT2D eigenvalue weighted by molar-refractivity contribution is 7.52. The van der Waals surface area contributed by atoms with Crippen molar-refractivity contribution in [2.24, 2.45) is 0 Å². The predicted molar refractivity (Wildman–Crippen MR) is 50.6 cm³/mol. The zero-order chi connectivity index (χ0) is 9.45. The Morgan fingerprint density at radius 2 is 1.67 bits per heavy atom. The fourth-order valence-electron chi connectivity index (χ4n) is 0.669. The fraction of sp³-hybridized carbons (Fsp3) is 1.00. The molecule has 0 amide bonds. The van der Waals surface area contributed by atoms with Gasteiger partial charge in [0.1, 0.15) is 0 Å². The maximum absolute atomic E-state index is 11.4. The molecular weight excluding hydrogens is 175 g/mol. The molecule has 0 rings (SSSR count). The summed E-state index contributed by atoms with van der Waals surface area (Å²) < 4.78 is 21.6. The van der Waals surface area contributed by atoms with Crippen LogP contribution >= 0.6 is 7.60 Å². The van der Waals surface area contributed by atoms with Crippen LogP contribution in [0, 0.1) is 0 Å². The Labute approximate surface area is 75.0 Å². The van der Waals surface area contributed by atoms with Gasteiger partial charge in [0.05, 0.1) is 13.2 Å². The van der Waals surface area contributed by atoms with E-state index in [-0.39, 0.29) is 0 Å². The number of hydrogen-bond acceptors (Lipinski definition) is 3. The van der Waals surface area contributed by atoms with E-state index in [4.69, 9.17) is 9.05 Å². The molecule has 3 nitrogen and oxygen atoms in total. The van der Waals surface area contributed by atoms with E-state index in [0.29, 0.717) is 13.2 Å². The average Bonchev–Trinajstić information content (AvgIpc) is 2.01. The van der Waals surface area contributed by atoms with Crippen LogP contribution in [0.25, 0.3) is 0 Å². The van der Waals surface area contributed by atoms with Gasteiger partial charge in [-0.3, -0.25) is 4.57 Å². The molecule has 0 aromatic rings. The van der Waals surface area contributed by atoms with Crippen LogP contribution in [-0.4, -0.2) is 19.9 Å². The SMILES string of the molecule is CCCCOP(C)(=O)OCCC. The van der Waals surface area contributed by atoms with E-state index in [2.05, 4.69) is 6.92 Å². The number of hydrogen-bond donors (Lipinski definition) is 0. The van der Waals surface area contributed by atoms with Crippen LogP contribution in [0.4, 0.5) is 0 Å². The number of unbranched alkanes of at least 4 members (excludes halogenated alkanes) is 1.